The molecule has 0 unspecified atom stereocenters. The lowest BCUT2D eigenvalue weighted by molar-refractivity contribution is -0.00817. The second-order valence-corrected chi connectivity index (χ2v) is 11.9. The summed E-state index contributed by atoms with van der Waals surface area (Å²) in [6.45, 7) is 7.44. The molecule has 4 heterocycles. The van der Waals surface area contributed by atoms with Gasteiger partial charge in [0, 0.05) is 57.2 Å². The number of alkyl halides is 1. The first kappa shape index (κ1) is 28.7. The fourth-order valence-electron chi connectivity index (χ4n) is 5.33. The van der Waals surface area contributed by atoms with Gasteiger partial charge in [-0.15, -0.1) is 0 Å². The zero-order valence-electron chi connectivity index (χ0n) is 23.8. The molecule has 0 bridgehead atoms. The molecule has 2 aliphatic heterocycles. The Morgan fingerprint density at radius 3 is 2.59 bits per heavy atom. The predicted molar refractivity (Wildman–Crippen MR) is 153 cm³/mol. The van der Waals surface area contributed by atoms with Gasteiger partial charge >= 0.3 is 6.09 Å². The van der Waals surface area contributed by atoms with Gasteiger partial charge in [-0.3, -0.25) is 4.79 Å². The molecule has 218 valence electrons. The third-order valence-electron chi connectivity index (χ3n) is 7.43. The predicted octanol–water partition coefficient (Wildman–Crippen LogP) is 4.66. The highest BCUT2D eigenvalue weighted by Crippen LogP contribution is 2.31. The van der Waals surface area contributed by atoms with Gasteiger partial charge in [-0.05, 0) is 45.2 Å². The molecule has 3 N–H and O–H groups in total. The zero-order valence-corrected chi connectivity index (χ0v) is 23.8. The van der Waals surface area contributed by atoms with Crippen LogP contribution in [0.5, 0.6) is 0 Å². The van der Waals surface area contributed by atoms with Crippen molar-refractivity contribution in [3.8, 4) is 11.3 Å². The number of anilines is 1. The van der Waals surface area contributed by atoms with Gasteiger partial charge < -0.3 is 25.4 Å². The van der Waals surface area contributed by atoms with Crippen molar-refractivity contribution in [2.45, 2.75) is 70.2 Å². The first-order chi connectivity index (χ1) is 19.5. The number of amides is 2. The standard InChI is InChI=1S/C30H37FN6O4/c1-29(2,3)41-28(39)37-12-4-5-21(17-37)35-27-25-24(33-18-34-27)22(26(32)38)15-23(36-25)20-8-6-19(7-9-20)16-30(31)10-13-40-14-11-30/h6-9,15,18,21H,4-5,10-14,16-17H2,1-3H3,(H2,32,38)(H,33,34,35)/t21-/m0/s1. The van der Waals surface area contributed by atoms with Gasteiger partial charge in [0.1, 0.15) is 28.6 Å². The summed E-state index contributed by atoms with van der Waals surface area (Å²) in [4.78, 5) is 40.4. The number of ether oxygens (including phenoxy) is 2. The van der Waals surface area contributed by atoms with Crippen molar-refractivity contribution in [1.82, 2.24) is 19.9 Å². The minimum absolute atomic E-state index is 0.102. The van der Waals surface area contributed by atoms with E-state index in [4.69, 9.17) is 20.2 Å². The highest BCUT2D eigenvalue weighted by Gasteiger charge is 2.32. The number of fused-ring (bicyclic) bond motifs is 1. The number of nitrogens with zero attached hydrogens (tertiary/aromatic N) is 4. The minimum Gasteiger partial charge on any atom is -0.444 e. The molecule has 0 spiro atoms. The van der Waals surface area contributed by atoms with Crippen molar-refractivity contribution in [3.05, 3.63) is 47.8 Å². The van der Waals surface area contributed by atoms with Gasteiger partial charge in [-0.1, -0.05) is 24.3 Å². The first-order valence-electron chi connectivity index (χ1n) is 14.1. The summed E-state index contributed by atoms with van der Waals surface area (Å²) in [6.07, 6.45) is 3.71. The summed E-state index contributed by atoms with van der Waals surface area (Å²) in [7, 11) is 0. The Morgan fingerprint density at radius 2 is 1.90 bits per heavy atom. The highest BCUT2D eigenvalue weighted by atomic mass is 19.1. The van der Waals surface area contributed by atoms with E-state index < -0.39 is 17.2 Å². The molecule has 2 aromatic heterocycles. The molecular weight excluding hydrogens is 527 g/mol. The van der Waals surface area contributed by atoms with Crippen molar-refractivity contribution in [2.75, 3.05) is 31.6 Å². The molecule has 0 saturated carbocycles. The number of nitrogens with one attached hydrogen (secondary N) is 1. The number of benzene rings is 1. The quantitative estimate of drug-likeness (QED) is 0.442. The Kier molecular flexibility index (Phi) is 8.08. The molecule has 2 aliphatic rings. The number of carbonyl (C=O) groups excluding carboxylic acids is 2. The summed E-state index contributed by atoms with van der Waals surface area (Å²) in [5.74, 6) is -0.182. The molecule has 2 amide bonds. The van der Waals surface area contributed by atoms with Crippen molar-refractivity contribution >= 4 is 28.9 Å². The van der Waals surface area contributed by atoms with Crippen molar-refractivity contribution in [3.63, 3.8) is 0 Å². The Hall–Kier alpha value is -3.86. The van der Waals surface area contributed by atoms with Crippen LogP contribution >= 0.6 is 0 Å². The molecule has 2 saturated heterocycles. The number of aromatic nitrogens is 3. The molecule has 1 aromatic carbocycles. The lowest BCUT2D eigenvalue weighted by atomic mass is 9.89. The highest BCUT2D eigenvalue weighted by molar-refractivity contribution is 6.06. The molecule has 1 atom stereocenters. The third-order valence-corrected chi connectivity index (χ3v) is 7.43. The number of nitrogens with two attached hydrogens (primary N) is 1. The molecule has 0 aliphatic carbocycles. The van der Waals surface area contributed by atoms with Crippen LogP contribution in [0, 0.1) is 0 Å². The van der Waals surface area contributed by atoms with Crippen molar-refractivity contribution < 1.29 is 23.5 Å². The van der Waals surface area contributed by atoms with E-state index in [0.29, 0.717) is 68.1 Å². The summed E-state index contributed by atoms with van der Waals surface area (Å²) < 4.78 is 26.0. The molecule has 5 rings (SSSR count). The van der Waals surface area contributed by atoms with E-state index in [-0.39, 0.29) is 17.7 Å². The number of carbonyl (C=O) groups is 2. The van der Waals surface area contributed by atoms with E-state index in [1.54, 1.807) is 11.0 Å². The first-order valence-corrected chi connectivity index (χ1v) is 14.1. The maximum atomic E-state index is 15.2. The van der Waals surface area contributed by atoms with Gasteiger partial charge in [0.25, 0.3) is 5.91 Å². The van der Waals surface area contributed by atoms with Crippen molar-refractivity contribution in [2.24, 2.45) is 5.73 Å². The molecule has 10 nitrogen and oxygen atoms in total. The van der Waals surface area contributed by atoms with E-state index >= 15 is 4.39 Å². The van der Waals surface area contributed by atoms with E-state index in [2.05, 4.69) is 15.3 Å². The van der Waals surface area contributed by atoms with E-state index in [0.717, 1.165) is 24.0 Å². The van der Waals surface area contributed by atoms with Crippen LogP contribution in [-0.4, -0.2) is 75.5 Å². The van der Waals surface area contributed by atoms with Gasteiger partial charge in [-0.25, -0.2) is 24.1 Å². The van der Waals surface area contributed by atoms with Gasteiger partial charge in [0.05, 0.1) is 11.3 Å². The summed E-state index contributed by atoms with van der Waals surface area (Å²) in [5, 5.41) is 3.41. The fraction of sp³-hybridized carbons (Fsp3) is 0.500. The van der Waals surface area contributed by atoms with E-state index in [1.807, 2.05) is 45.0 Å². The Bertz CT molecular complexity index is 1420. The number of pyridine rings is 1. The number of primary amides is 1. The Morgan fingerprint density at radius 1 is 1.17 bits per heavy atom. The molecular formula is C30H37FN6O4. The Labute approximate surface area is 238 Å². The van der Waals surface area contributed by atoms with Crippen LogP contribution in [0.1, 0.15) is 62.4 Å². The van der Waals surface area contributed by atoms with Gasteiger partial charge in [0.15, 0.2) is 5.82 Å². The Balaban J connectivity index is 1.41. The van der Waals surface area contributed by atoms with Crippen LogP contribution in [0.4, 0.5) is 15.0 Å². The fourth-order valence-corrected chi connectivity index (χ4v) is 5.33. The molecule has 11 heteroatoms. The van der Waals surface area contributed by atoms with E-state index in [1.165, 1.54) is 6.33 Å². The number of piperidine rings is 1. The zero-order chi connectivity index (χ0) is 29.2. The van der Waals surface area contributed by atoms with Crippen LogP contribution in [-0.2, 0) is 15.9 Å². The number of likely N-dealkylation sites (tertiary alicyclic amines) is 1. The average Bonchev–Trinajstić information content (AvgIpc) is 2.92. The van der Waals surface area contributed by atoms with Gasteiger partial charge in [0.2, 0.25) is 0 Å². The van der Waals surface area contributed by atoms with Crippen LogP contribution in [0.25, 0.3) is 22.3 Å². The number of rotatable bonds is 6. The molecule has 3 aromatic rings. The lowest BCUT2D eigenvalue weighted by Crippen LogP contribution is -2.47. The maximum absolute atomic E-state index is 15.2. The van der Waals surface area contributed by atoms with Gasteiger partial charge in [-0.2, -0.15) is 0 Å². The maximum Gasteiger partial charge on any atom is 0.410 e. The second-order valence-electron chi connectivity index (χ2n) is 11.9. The lowest BCUT2D eigenvalue weighted by Gasteiger charge is -2.34. The summed E-state index contributed by atoms with van der Waals surface area (Å²) in [5.41, 5.74) is 7.03. The number of halogens is 1. The van der Waals surface area contributed by atoms with Crippen molar-refractivity contribution in [1.29, 1.82) is 0 Å². The topological polar surface area (TPSA) is 133 Å². The third kappa shape index (κ3) is 6.90. The van der Waals surface area contributed by atoms with Crippen LogP contribution in [0.3, 0.4) is 0 Å². The largest absolute Gasteiger partial charge is 0.444 e. The number of hydrogen-bond acceptors (Lipinski definition) is 8. The minimum atomic E-state index is -1.27. The average molecular weight is 565 g/mol. The molecule has 41 heavy (non-hydrogen) atoms. The SMILES string of the molecule is CC(C)(C)OC(=O)N1CCC[C@H](Nc2ncnc3c(C(N)=O)cc(-c4ccc(CC5(F)CCOCC5)cc4)nc23)C1. The smallest absolute Gasteiger partial charge is 0.410 e. The second kappa shape index (κ2) is 11.6. The van der Waals surface area contributed by atoms with Crippen LogP contribution in [0.15, 0.2) is 36.7 Å². The normalized spacial score (nSPS) is 19.1. The van der Waals surface area contributed by atoms with Crippen LogP contribution < -0.4 is 11.1 Å². The van der Waals surface area contributed by atoms with E-state index in [9.17, 15) is 9.59 Å². The monoisotopic (exact) mass is 564 g/mol. The summed E-state index contributed by atoms with van der Waals surface area (Å²) in [6, 6.07) is 9.03. The number of hydrogen-bond donors (Lipinski definition) is 2. The molecule has 2 fully saturated rings. The van der Waals surface area contributed by atoms with Crippen LogP contribution in [0.2, 0.25) is 0 Å². The molecule has 0 radical (unpaired) electrons. The summed E-state index contributed by atoms with van der Waals surface area (Å²) >= 11 is 0.